The predicted molar refractivity (Wildman–Crippen MR) is 79.1 cm³/mol. The van der Waals surface area contributed by atoms with Crippen molar-refractivity contribution in [2.45, 2.75) is 23.8 Å². The van der Waals surface area contributed by atoms with Crippen LogP contribution in [0.3, 0.4) is 0 Å². The summed E-state index contributed by atoms with van der Waals surface area (Å²) in [6.07, 6.45) is 2.77. The third kappa shape index (κ3) is 1.95. The molecule has 0 saturated heterocycles. The standard InChI is InChI=1S/C16H14N2OS/c1-20-14-9-13-12(10-17)7-8-18(13)15(14)16(19)11-5-3-2-4-6-11/h2-6,9,12H,7-8H2,1H3. The fourth-order valence-corrected chi connectivity index (χ4v) is 3.36. The Kier molecular flexibility index (Phi) is 3.37. The van der Waals surface area contributed by atoms with E-state index in [9.17, 15) is 10.1 Å². The zero-order chi connectivity index (χ0) is 14.1. The molecule has 4 heteroatoms. The third-order valence-corrected chi connectivity index (χ3v) is 4.47. The first-order chi connectivity index (χ1) is 9.76. The molecule has 0 saturated carbocycles. The van der Waals surface area contributed by atoms with Gasteiger partial charge in [0, 0.05) is 22.7 Å². The average molecular weight is 282 g/mol. The van der Waals surface area contributed by atoms with Gasteiger partial charge in [-0.15, -0.1) is 11.8 Å². The largest absolute Gasteiger partial charge is 0.340 e. The molecule has 0 amide bonds. The molecule has 0 bridgehead atoms. The fraction of sp³-hybridized carbons (Fsp3) is 0.250. The second-order valence-corrected chi connectivity index (χ2v) is 5.65. The molecule has 0 radical (unpaired) electrons. The Hall–Kier alpha value is -1.99. The van der Waals surface area contributed by atoms with E-state index in [2.05, 4.69) is 6.07 Å². The van der Waals surface area contributed by atoms with Crippen molar-refractivity contribution in [3.8, 4) is 6.07 Å². The van der Waals surface area contributed by atoms with Gasteiger partial charge in [-0.25, -0.2) is 0 Å². The molecule has 100 valence electrons. The van der Waals surface area contributed by atoms with Gasteiger partial charge in [-0.3, -0.25) is 4.79 Å². The zero-order valence-corrected chi connectivity index (χ0v) is 12.0. The minimum Gasteiger partial charge on any atom is -0.340 e. The molecule has 0 N–H and O–H groups in total. The Labute approximate surface area is 122 Å². The number of rotatable bonds is 3. The highest BCUT2D eigenvalue weighted by Crippen LogP contribution is 2.36. The topological polar surface area (TPSA) is 45.8 Å². The van der Waals surface area contributed by atoms with Gasteiger partial charge in [-0.1, -0.05) is 30.3 Å². The number of ketones is 1. The van der Waals surface area contributed by atoms with E-state index in [0.717, 1.165) is 29.2 Å². The molecule has 1 atom stereocenters. The molecule has 1 unspecified atom stereocenters. The molecule has 1 aromatic carbocycles. The van der Waals surface area contributed by atoms with Crippen LogP contribution in [0.2, 0.25) is 0 Å². The third-order valence-electron chi connectivity index (χ3n) is 3.72. The number of hydrogen-bond acceptors (Lipinski definition) is 3. The number of carbonyl (C=O) groups is 1. The van der Waals surface area contributed by atoms with E-state index in [1.807, 2.05) is 47.2 Å². The van der Waals surface area contributed by atoms with Crippen LogP contribution in [-0.4, -0.2) is 16.6 Å². The Morgan fingerprint density at radius 3 is 2.80 bits per heavy atom. The second kappa shape index (κ2) is 5.18. The van der Waals surface area contributed by atoms with Crippen LogP contribution < -0.4 is 0 Å². The summed E-state index contributed by atoms with van der Waals surface area (Å²) < 4.78 is 2.02. The lowest BCUT2D eigenvalue weighted by molar-refractivity contribution is 0.102. The summed E-state index contributed by atoms with van der Waals surface area (Å²) in [4.78, 5) is 13.7. The van der Waals surface area contributed by atoms with E-state index in [1.165, 1.54) is 0 Å². The highest BCUT2D eigenvalue weighted by atomic mass is 32.2. The van der Waals surface area contributed by atoms with E-state index < -0.39 is 0 Å². The van der Waals surface area contributed by atoms with Gasteiger partial charge in [0.15, 0.2) is 0 Å². The van der Waals surface area contributed by atoms with Crippen LogP contribution in [0.15, 0.2) is 41.3 Å². The average Bonchev–Trinajstić information content (AvgIpc) is 3.05. The maximum absolute atomic E-state index is 12.7. The quantitative estimate of drug-likeness (QED) is 0.640. The number of benzene rings is 1. The van der Waals surface area contributed by atoms with Gasteiger partial charge < -0.3 is 4.57 Å². The molecule has 0 spiro atoms. The summed E-state index contributed by atoms with van der Waals surface area (Å²) in [6, 6.07) is 13.6. The highest BCUT2D eigenvalue weighted by molar-refractivity contribution is 7.98. The van der Waals surface area contributed by atoms with Crippen LogP contribution in [-0.2, 0) is 6.54 Å². The fourth-order valence-electron chi connectivity index (χ4n) is 2.73. The van der Waals surface area contributed by atoms with Gasteiger partial charge in [0.2, 0.25) is 5.78 Å². The Morgan fingerprint density at radius 1 is 1.40 bits per heavy atom. The number of thioether (sulfide) groups is 1. The van der Waals surface area contributed by atoms with Crippen molar-refractivity contribution in [1.29, 1.82) is 5.26 Å². The van der Waals surface area contributed by atoms with Crippen molar-refractivity contribution in [2.24, 2.45) is 0 Å². The molecule has 2 aromatic rings. The Bertz CT molecular complexity index is 697. The lowest BCUT2D eigenvalue weighted by Crippen LogP contribution is -2.10. The summed E-state index contributed by atoms with van der Waals surface area (Å²) >= 11 is 1.56. The van der Waals surface area contributed by atoms with Crippen LogP contribution in [0.4, 0.5) is 0 Å². The first kappa shape index (κ1) is 13.0. The van der Waals surface area contributed by atoms with Gasteiger partial charge in [0.25, 0.3) is 0 Å². The van der Waals surface area contributed by atoms with Gasteiger partial charge in [0.05, 0.1) is 12.0 Å². The van der Waals surface area contributed by atoms with Gasteiger partial charge in [-0.2, -0.15) is 5.26 Å². The summed E-state index contributed by atoms with van der Waals surface area (Å²) in [5, 5.41) is 9.19. The first-order valence-corrected chi connectivity index (χ1v) is 7.75. The van der Waals surface area contributed by atoms with Crippen molar-refractivity contribution in [3.63, 3.8) is 0 Å². The summed E-state index contributed by atoms with van der Waals surface area (Å²) in [7, 11) is 0. The number of nitriles is 1. The summed E-state index contributed by atoms with van der Waals surface area (Å²) in [6.45, 7) is 0.752. The van der Waals surface area contributed by atoms with Crippen molar-refractivity contribution in [3.05, 3.63) is 53.3 Å². The first-order valence-electron chi connectivity index (χ1n) is 6.53. The van der Waals surface area contributed by atoms with Crippen molar-refractivity contribution < 1.29 is 4.79 Å². The molecule has 1 aliphatic heterocycles. The highest BCUT2D eigenvalue weighted by Gasteiger charge is 2.30. The molecular weight excluding hydrogens is 268 g/mol. The molecule has 2 heterocycles. The Morgan fingerprint density at radius 2 is 2.15 bits per heavy atom. The number of nitrogens with zero attached hydrogens (tertiary/aromatic N) is 2. The number of fused-ring (bicyclic) bond motifs is 1. The molecule has 20 heavy (non-hydrogen) atoms. The minimum atomic E-state index is -0.0850. The lowest BCUT2D eigenvalue weighted by atomic mass is 10.1. The van der Waals surface area contributed by atoms with Gasteiger partial charge >= 0.3 is 0 Å². The SMILES string of the molecule is CSc1cc2n(c1C(=O)c1ccccc1)CCC2C#N. The maximum Gasteiger partial charge on any atom is 0.210 e. The molecular formula is C16H14N2OS. The van der Waals surface area contributed by atoms with E-state index in [4.69, 9.17) is 0 Å². The molecule has 0 aliphatic carbocycles. The van der Waals surface area contributed by atoms with E-state index in [1.54, 1.807) is 11.8 Å². The summed E-state index contributed by atoms with van der Waals surface area (Å²) in [5.74, 6) is -0.0435. The molecule has 1 aromatic heterocycles. The minimum absolute atomic E-state index is 0.0415. The smallest absolute Gasteiger partial charge is 0.210 e. The number of carbonyl (C=O) groups excluding carboxylic acids is 1. The second-order valence-electron chi connectivity index (χ2n) is 4.80. The summed E-state index contributed by atoms with van der Waals surface area (Å²) in [5.41, 5.74) is 2.41. The normalized spacial score (nSPS) is 16.7. The monoisotopic (exact) mass is 282 g/mol. The van der Waals surface area contributed by atoms with Gasteiger partial charge in [0.1, 0.15) is 5.69 Å². The van der Waals surface area contributed by atoms with E-state index >= 15 is 0 Å². The van der Waals surface area contributed by atoms with Crippen LogP contribution in [0, 0.1) is 11.3 Å². The van der Waals surface area contributed by atoms with Gasteiger partial charge in [-0.05, 0) is 18.7 Å². The van der Waals surface area contributed by atoms with Crippen LogP contribution in [0.5, 0.6) is 0 Å². The lowest BCUT2D eigenvalue weighted by Gasteiger charge is -2.07. The number of hydrogen-bond donors (Lipinski definition) is 0. The number of aromatic nitrogens is 1. The van der Waals surface area contributed by atoms with E-state index in [-0.39, 0.29) is 11.7 Å². The zero-order valence-electron chi connectivity index (χ0n) is 11.2. The van der Waals surface area contributed by atoms with Crippen molar-refractivity contribution in [2.75, 3.05) is 6.26 Å². The van der Waals surface area contributed by atoms with Crippen LogP contribution in [0.1, 0.15) is 34.1 Å². The maximum atomic E-state index is 12.7. The molecule has 0 fully saturated rings. The van der Waals surface area contributed by atoms with Crippen LogP contribution >= 0.6 is 11.8 Å². The predicted octanol–water partition coefficient (Wildman–Crippen LogP) is 3.45. The Balaban J connectivity index is 2.11. The molecule has 3 nitrogen and oxygen atoms in total. The molecule has 3 rings (SSSR count). The van der Waals surface area contributed by atoms with Crippen molar-refractivity contribution >= 4 is 17.5 Å². The van der Waals surface area contributed by atoms with E-state index in [0.29, 0.717) is 5.56 Å². The molecule has 1 aliphatic rings. The van der Waals surface area contributed by atoms with Crippen LogP contribution in [0.25, 0.3) is 0 Å². The van der Waals surface area contributed by atoms with Crippen molar-refractivity contribution in [1.82, 2.24) is 4.57 Å².